The van der Waals surface area contributed by atoms with Gasteiger partial charge in [0.2, 0.25) is 11.8 Å². The molecule has 3 rings (SSSR count). The minimum Gasteiger partial charge on any atom is -0.465 e. The number of nitrogens with zero attached hydrogens (tertiary/aromatic N) is 2. The summed E-state index contributed by atoms with van der Waals surface area (Å²) in [4.78, 5) is 38.2. The largest absolute Gasteiger partial charge is 0.573 e. The number of rotatable bonds is 6. The van der Waals surface area contributed by atoms with Gasteiger partial charge in [0, 0.05) is 25.2 Å². The van der Waals surface area contributed by atoms with Crippen LogP contribution in [0, 0.1) is 17.2 Å². The fraction of sp³-hybridized carbons (Fsp3) is 0.524. The second kappa shape index (κ2) is 9.56. The number of alkyl halides is 3. The second-order valence-corrected chi connectivity index (χ2v) is 8.16. The van der Waals surface area contributed by atoms with Crippen molar-refractivity contribution in [3.8, 4) is 11.8 Å². The third-order valence-corrected chi connectivity index (χ3v) is 5.92. The van der Waals surface area contributed by atoms with Gasteiger partial charge in [0.05, 0.1) is 17.6 Å². The molecule has 1 saturated heterocycles. The number of ether oxygens (including phenoxy) is 1. The molecule has 1 atom stereocenters. The number of amides is 3. The van der Waals surface area contributed by atoms with Crippen molar-refractivity contribution in [1.82, 2.24) is 15.5 Å². The Kier molecular flexibility index (Phi) is 7.00. The number of piperidine rings is 1. The van der Waals surface area contributed by atoms with E-state index in [1.54, 1.807) is 6.07 Å². The number of hydrogen-bond donors (Lipinski definition) is 3. The Morgan fingerprint density at radius 3 is 2.58 bits per heavy atom. The molecule has 1 aromatic carbocycles. The highest BCUT2D eigenvalue weighted by atomic mass is 19.4. The van der Waals surface area contributed by atoms with Crippen LogP contribution < -0.4 is 15.4 Å². The lowest BCUT2D eigenvalue weighted by atomic mass is 9.75. The van der Waals surface area contributed by atoms with Gasteiger partial charge in [-0.3, -0.25) is 9.59 Å². The Morgan fingerprint density at radius 2 is 2.00 bits per heavy atom. The van der Waals surface area contributed by atoms with E-state index in [9.17, 15) is 27.6 Å². The van der Waals surface area contributed by atoms with Gasteiger partial charge in [0.1, 0.15) is 11.3 Å². The molecule has 12 heteroatoms. The summed E-state index contributed by atoms with van der Waals surface area (Å²) in [6.45, 7) is 0.225. The van der Waals surface area contributed by atoms with Crippen LogP contribution in [0.2, 0.25) is 0 Å². The molecule has 33 heavy (non-hydrogen) atoms. The molecule has 1 aromatic rings. The van der Waals surface area contributed by atoms with Crippen molar-refractivity contribution in [3.05, 3.63) is 29.3 Å². The van der Waals surface area contributed by atoms with Gasteiger partial charge in [-0.05, 0) is 44.2 Å². The standard InChI is InChI=1S/C21H23F3N4O5/c22-21(23,24)33-16-9-13(10-25)4-5-14(16)11-26-17(29)15-3-1-8-28(12-15)18(30)20(6-2-7-20)27-19(31)32/h4-5,9,15,27H,1-3,6-8,11-12H2,(H,26,29)(H,31,32). The number of benzene rings is 1. The highest BCUT2D eigenvalue weighted by Crippen LogP contribution is 2.35. The van der Waals surface area contributed by atoms with E-state index in [4.69, 9.17) is 10.4 Å². The molecule has 0 radical (unpaired) electrons. The number of carboxylic acid groups (broad SMARTS) is 1. The third-order valence-electron chi connectivity index (χ3n) is 5.92. The van der Waals surface area contributed by atoms with Gasteiger partial charge >= 0.3 is 12.5 Å². The molecule has 2 aliphatic rings. The Morgan fingerprint density at radius 1 is 1.27 bits per heavy atom. The zero-order chi connectivity index (χ0) is 24.2. The first-order valence-electron chi connectivity index (χ1n) is 10.4. The van der Waals surface area contributed by atoms with Crippen molar-refractivity contribution in [3.63, 3.8) is 0 Å². The molecule has 1 aliphatic heterocycles. The average Bonchev–Trinajstić information content (AvgIpc) is 2.73. The molecule has 9 nitrogen and oxygen atoms in total. The van der Waals surface area contributed by atoms with E-state index in [0.29, 0.717) is 32.2 Å². The van der Waals surface area contributed by atoms with Crippen LogP contribution in [-0.2, 0) is 16.1 Å². The molecule has 1 saturated carbocycles. The zero-order valence-electron chi connectivity index (χ0n) is 17.6. The van der Waals surface area contributed by atoms with Crippen LogP contribution in [-0.4, -0.2) is 52.9 Å². The Hall–Kier alpha value is -3.49. The van der Waals surface area contributed by atoms with Crippen LogP contribution >= 0.6 is 0 Å². The summed E-state index contributed by atoms with van der Waals surface area (Å²) in [6.07, 6.45) is -3.72. The first-order valence-corrected chi connectivity index (χ1v) is 10.4. The molecule has 3 N–H and O–H groups in total. The lowest BCUT2D eigenvalue weighted by molar-refractivity contribution is -0.274. The second-order valence-electron chi connectivity index (χ2n) is 8.16. The van der Waals surface area contributed by atoms with Crippen LogP contribution in [0.15, 0.2) is 18.2 Å². The molecular formula is C21H23F3N4O5. The van der Waals surface area contributed by atoms with Crippen LogP contribution in [0.25, 0.3) is 0 Å². The van der Waals surface area contributed by atoms with Crippen LogP contribution in [0.1, 0.15) is 43.2 Å². The van der Waals surface area contributed by atoms with Gasteiger partial charge in [-0.1, -0.05) is 6.07 Å². The predicted octanol–water partition coefficient (Wildman–Crippen LogP) is 2.50. The maximum absolute atomic E-state index is 12.9. The normalized spacial score (nSPS) is 19.6. The van der Waals surface area contributed by atoms with Gasteiger partial charge in [0.15, 0.2) is 0 Å². The van der Waals surface area contributed by atoms with Gasteiger partial charge < -0.3 is 25.4 Å². The fourth-order valence-corrected chi connectivity index (χ4v) is 4.12. The van der Waals surface area contributed by atoms with Crippen molar-refractivity contribution >= 4 is 17.9 Å². The summed E-state index contributed by atoms with van der Waals surface area (Å²) in [6, 6.07) is 5.27. The number of likely N-dealkylation sites (tertiary alicyclic amines) is 1. The summed E-state index contributed by atoms with van der Waals surface area (Å²) in [5.41, 5.74) is -1.13. The number of nitriles is 1. The Bertz CT molecular complexity index is 972. The molecule has 1 aliphatic carbocycles. The topological polar surface area (TPSA) is 132 Å². The molecule has 0 aromatic heterocycles. The molecule has 2 fully saturated rings. The van der Waals surface area contributed by atoms with Crippen LogP contribution in [0.3, 0.4) is 0 Å². The smallest absolute Gasteiger partial charge is 0.465 e. The van der Waals surface area contributed by atoms with Crippen LogP contribution in [0.5, 0.6) is 5.75 Å². The number of hydrogen-bond acceptors (Lipinski definition) is 5. The average molecular weight is 468 g/mol. The summed E-state index contributed by atoms with van der Waals surface area (Å²) >= 11 is 0. The van der Waals surface area contributed by atoms with Crippen molar-refractivity contribution < 1.29 is 37.4 Å². The number of nitrogens with one attached hydrogen (secondary N) is 2. The summed E-state index contributed by atoms with van der Waals surface area (Å²) < 4.78 is 42.1. The summed E-state index contributed by atoms with van der Waals surface area (Å²) in [7, 11) is 0. The van der Waals surface area contributed by atoms with E-state index in [0.717, 1.165) is 12.5 Å². The van der Waals surface area contributed by atoms with Crippen LogP contribution in [0.4, 0.5) is 18.0 Å². The third kappa shape index (κ3) is 5.85. The maximum atomic E-state index is 12.9. The van der Waals surface area contributed by atoms with Gasteiger partial charge in [0.25, 0.3) is 0 Å². The van der Waals surface area contributed by atoms with Crippen molar-refractivity contribution in [2.75, 3.05) is 13.1 Å². The SMILES string of the molecule is N#Cc1ccc(CNC(=O)C2CCCN(C(=O)C3(NC(=O)O)CCC3)C2)c(OC(F)(F)F)c1. The van der Waals surface area contributed by atoms with E-state index in [1.165, 1.54) is 17.0 Å². The minimum absolute atomic E-state index is 0.0225. The molecule has 1 heterocycles. The fourth-order valence-electron chi connectivity index (χ4n) is 4.12. The maximum Gasteiger partial charge on any atom is 0.573 e. The number of carbonyl (C=O) groups is 3. The molecule has 1 unspecified atom stereocenters. The molecule has 178 valence electrons. The van der Waals surface area contributed by atoms with E-state index < -0.39 is 35.6 Å². The molecular weight excluding hydrogens is 445 g/mol. The van der Waals surface area contributed by atoms with Gasteiger partial charge in [-0.2, -0.15) is 5.26 Å². The van der Waals surface area contributed by atoms with E-state index in [1.807, 2.05) is 0 Å². The Labute approximate surface area is 187 Å². The van der Waals surface area contributed by atoms with Crippen molar-refractivity contribution in [2.24, 2.45) is 5.92 Å². The molecule has 3 amide bonds. The number of carbonyl (C=O) groups excluding carboxylic acids is 2. The van der Waals surface area contributed by atoms with Crippen molar-refractivity contribution in [2.45, 2.75) is 50.6 Å². The highest BCUT2D eigenvalue weighted by molar-refractivity contribution is 5.91. The van der Waals surface area contributed by atoms with Gasteiger partial charge in [-0.15, -0.1) is 13.2 Å². The van der Waals surface area contributed by atoms with E-state index in [2.05, 4.69) is 15.4 Å². The Balaban J connectivity index is 1.64. The van der Waals surface area contributed by atoms with E-state index in [-0.39, 0.29) is 30.1 Å². The number of halogens is 3. The van der Waals surface area contributed by atoms with E-state index >= 15 is 0 Å². The summed E-state index contributed by atoms with van der Waals surface area (Å²) in [5.74, 6) is -1.96. The lowest BCUT2D eigenvalue weighted by Gasteiger charge is -2.45. The first-order chi connectivity index (χ1) is 15.5. The quantitative estimate of drug-likeness (QED) is 0.588. The van der Waals surface area contributed by atoms with Gasteiger partial charge in [-0.25, -0.2) is 4.79 Å². The lowest BCUT2D eigenvalue weighted by Crippen LogP contribution is -2.64. The molecule has 0 bridgehead atoms. The monoisotopic (exact) mass is 468 g/mol. The minimum atomic E-state index is -4.96. The zero-order valence-corrected chi connectivity index (χ0v) is 17.6. The highest BCUT2D eigenvalue weighted by Gasteiger charge is 2.48. The first kappa shape index (κ1) is 24.2. The molecule has 0 spiro atoms. The summed E-state index contributed by atoms with van der Waals surface area (Å²) in [5, 5.41) is 22.9. The van der Waals surface area contributed by atoms with Crippen molar-refractivity contribution in [1.29, 1.82) is 5.26 Å². The predicted molar refractivity (Wildman–Crippen MR) is 107 cm³/mol.